The highest BCUT2D eigenvalue weighted by Crippen LogP contribution is 2.28. The zero-order valence-electron chi connectivity index (χ0n) is 14.9. The average Bonchev–Trinajstić information content (AvgIpc) is 3.29. The quantitative estimate of drug-likeness (QED) is 0.793. The number of rotatable bonds is 5. The number of cyclic esters (lactones) is 1. The fourth-order valence-electron chi connectivity index (χ4n) is 3.22. The van der Waals surface area contributed by atoms with Gasteiger partial charge in [0.2, 0.25) is 11.8 Å². The van der Waals surface area contributed by atoms with E-state index in [-0.39, 0.29) is 5.91 Å². The molecule has 3 amide bonds. The largest absolute Gasteiger partial charge is 0.441 e. The Morgan fingerprint density at radius 2 is 2.27 bits per heavy atom. The van der Waals surface area contributed by atoms with Crippen molar-refractivity contribution in [1.82, 2.24) is 20.1 Å². The monoisotopic (exact) mass is 398 g/mol. The summed E-state index contributed by atoms with van der Waals surface area (Å²) in [5.74, 6) is 0.994. The maximum Gasteiger partial charge on any atom is 0.410 e. The number of amides is 3. The molecule has 8 nitrogen and oxygen atoms in total. The van der Waals surface area contributed by atoms with Gasteiger partial charge < -0.3 is 15.0 Å². The van der Waals surface area contributed by atoms with Crippen LogP contribution in [-0.4, -0.2) is 75.6 Å². The van der Waals surface area contributed by atoms with Crippen molar-refractivity contribution in [3.05, 3.63) is 16.6 Å². The van der Waals surface area contributed by atoms with Gasteiger partial charge >= 0.3 is 6.09 Å². The second-order valence-electron chi connectivity index (χ2n) is 6.87. The van der Waals surface area contributed by atoms with E-state index in [9.17, 15) is 14.4 Å². The molecule has 3 heterocycles. The Bertz CT molecular complexity index is 688. The molecule has 0 radical (unpaired) electrons. The van der Waals surface area contributed by atoms with Crippen LogP contribution in [0.4, 0.5) is 4.79 Å². The molecule has 3 rings (SSSR count). The van der Waals surface area contributed by atoms with Gasteiger partial charge in [-0.15, -0.1) is 23.1 Å². The SMILES string of the molecule is CN1C(=O)OC(C)(C)C1C(=O)NC(Cc1cscn1)C(=O)N1CCSC1. The zero-order chi connectivity index (χ0) is 18.9. The Kier molecular flexibility index (Phi) is 5.42. The first-order valence-electron chi connectivity index (χ1n) is 8.29. The molecule has 1 aromatic heterocycles. The van der Waals surface area contributed by atoms with Crippen molar-refractivity contribution in [3.8, 4) is 0 Å². The number of nitrogens with zero attached hydrogens (tertiary/aromatic N) is 3. The summed E-state index contributed by atoms with van der Waals surface area (Å²) in [6.07, 6.45) is -0.227. The molecule has 2 unspecified atom stereocenters. The Balaban J connectivity index is 1.77. The molecule has 1 aromatic rings. The second kappa shape index (κ2) is 7.43. The van der Waals surface area contributed by atoms with Crippen molar-refractivity contribution in [2.24, 2.45) is 0 Å². The van der Waals surface area contributed by atoms with Crippen molar-refractivity contribution >= 4 is 41.0 Å². The molecule has 0 aromatic carbocycles. The van der Waals surface area contributed by atoms with Gasteiger partial charge in [-0.2, -0.15) is 0 Å². The summed E-state index contributed by atoms with van der Waals surface area (Å²) in [5.41, 5.74) is 1.49. The molecule has 26 heavy (non-hydrogen) atoms. The Hall–Kier alpha value is -1.81. The minimum absolute atomic E-state index is 0.123. The number of thiazole rings is 1. The fraction of sp³-hybridized carbons (Fsp3) is 0.625. The van der Waals surface area contributed by atoms with Crippen LogP contribution >= 0.6 is 23.1 Å². The van der Waals surface area contributed by atoms with E-state index in [1.165, 1.54) is 23.3 Å². The topological polar surface area (TPSA) is 91.8 Å². The Morgan fingerprint density at radius 1 is 1.50 bits per heavy atom. The normalized spacial score (nSPS) is 23.0. The summed E-state index contributed by atoms with van der Waals surface area (Å²) in [6, 6.07) is -1.52. The smallest absolute Gasteiger partial charge is 0.410 e. The average molecular weight is 399 g/mol. The van der Waals surface area contributed by atoms with Crippen molar-refractivity contribution in [3.63, 3.8) is 0 Å². The maximum atomic E-state index is 12.9. The molecule has 2 atom stereocenters. The Morgan fingerprint density at radius 3 is 2.81 bits per heavy atom. The molecule has 2 aliphatic heterocycles. The third-order valence-electron chi connectivity index (χ3n) is 4.51. The first-order valence-corrected chi connectivity index (χ1v) is 10.4. The predicted molar refractivity (Wildman–Crippen MR) is 98.9 cm³/mol. The van der Waals surface area contributed by atoms with Gasteiger partial charge in [0, 0.05) is 31.1 Å². The van der Waals surface area contributed by atoms with E-state index in [0.29, 0.717) is 18.8 Å². The molecular formula is C16H22N4O4S2. The third-order valence-corrected chi connectivity index (χ3v) is 6.11. The number of carbonyl (C=O) groups excluding carboxylic acids is 3. The first kappa shape index (κ1) is 19.0. The van der Waals surface area contributed by atoms with Crippen molar-refractivity contribution < 1.29 is 19.1 Å². The summed E-state index contributed by atoms with van der Waals surface area (Å²) in [4.78, 5) is 44.9. The molecule has 10 heteroatoms. The van der Waals surface area contributed by atoms with Crippen LogP contribution in [0.3, 0.4) is 0 Å². The number of nitrogens with one attached hydrogen (secondary N) is 1. The van der Waals surface area contributed by atoms with E-state index in [4.69, 9.17) is 4.74 Å². The van der Waals surface area contributed by atoms with E-state index in [2.05, 4.69) is 10.3 Å². The van der Waals surface area contributed by atoms with Crippen LogP contribution in [0.15, 0.2) is 10.9 Å². The zero-order valence-corrected chi connectivity index (χ0v) is 16.6. The number of thioether (sulfide) groups is 1. The molecule has 0 bridgehead atoms. The molecule has 0 saturated carbocycles. The minimum Gasteiger partial charge on any atom is -0.441 e. The number of carbonyl (C=O) groups is 3. The standard InChI is InChI=1S/C16H22N4O4S2/c1-16(2)12(19(3)15(23)24-16)13(21)18-11(6-10-7-26-8-17-10)14(22)20-4-5-25-9-20/h7-8,11-12H,4-6,9H2,1-3H3,(H,18,21). The highest BCUT2D eigenvalue weighted by Gasteiger charge is 2.50. The number of likely N-dealkylation sites (N-methyl/N-ethyl adjacent to an activating group) is 1. The van der Waals surface area contributed by atoms with Crippen LogP contribution < -0.4 is 5.32 Å². The lowest BCUT2D eigenvalue weighted by Crippen LogP contribution is -2.57. The summed E-state index contributed by atoms with van der Waals surface area (Å²) in [7, 11) is 1.52. The van der Waals surface area contributed by atoms with E-state index in [0.717, 1.165) is 11.4 Å². The van der Waals surface area contributed by atoms with Crippen LogP contribution in [0.5, 0.6) is 0 Å². The van der Waals surface area contributed by atoms with Gasteiger partial charge in [-0.1, -0.05) is 0 Å². The molecule has 2 saturated heterocycles. The van der Waals surface area contributed by atoms with E-state index >= 15 is 0 Å². The number of aromatic nitrogens is 1. The van der Waals surface area contributed by atoms with Crippen LogP contribution in [0.2, 0.25) is 0 Å². The summed E-state index contributed by atoms with van der Waals surface area (Å²) in [5, 5.41) is 4.70. The third kappa shape index (κ3) is 3.80. The van der Waals surface area contributed by atoms with Gasteiger partial charge in [0.15, 0.2) is 6.04 Å². The number of ether oxygens (including phenoxy) is 1. The molecule has 2 aliphatic rings. The summed E-state index contributed by atoms with van der Waals surface area (Å²) < 4.78 is 5.26. The summed E-state index contributed by atoms with van der Waals surface area (Å²) in [6.45, 7) is 4.05. The van der Waals surface area contributed by atoms with Gasteiger partial charge in [0.05, 0.1) is 17.1 Å². The lowest BCUT2D eigenvalue weighted by atomic mass is 9.97. The molecule has 0 aliphatic carbocycles. The van der Waals surface area contributed by atoms with Gasteiger partial charge in [-0.25, -0.2) is 9.78 Å². The van der Waals surface area contributed by atoms with Gasteiger partial charge in [0.1, 0.15) is 11.6 Å². The predicted octanol–water partition coefficient (Wildman–Crippen LogP) is 0.932. The molecule has 0 spiro atoms. The molecule has 2 fully saturated rings. The van der Waals surface area contributed by atoms with Gasteiger partial charge in [-0.05, 0) is 13.8 Å². The maximum absolute atomic E-state index is 12.9. The lowest BCUT2D eigenvalue weighted by Gasteiger charge is -2.29. The number of hydrogen-bond donors (Lipinski definition) is 1. The molecule has 1 N–H and O–H groups in total. The van der Waals surface area contributed by atoms with Crippen molar-refractivity contribution in [1.29, 1.82) is 0 Å². The molecule has 142 valence electrons. The fourth-order valence-corrected chi connectivity index (χ4v) is 4.75. The first-order chi connectivity index (χ1) is 12.3. The highest BCUT2D eigenvalue weighted by atomic mass is 32.2. The minimum atomic E-state index is -0.965. The van der Waals surface area contributed by atoms with Crippen LogP contribution in [0, 0.1) is 0 Å². The van der Waals surface area contributed by atoms with E-state index in [1.54, 1.807) is 36.0 Å². The van der Waals surface area contributed by atoms with Crippen LogP contribution in [0.1, 0.15) is 19.5 Å². The van der Waals surface area contributed by atoms with Crippen LogP contribution in [-0.2, 0) is 20.7 Å². The second-order valence-corrected chi connectivity index (χ2v) is 8.66. The molecular weight excluding hydrogens is 376 g/mol. The van der Waals surface area contributed by atoms with Crippen LogP contribution in [0.25, 0.3) is 0 Å². The van der Waals surface area contributed by atoms with Crippen molar-refractivity contribution in [2.75, 3.05) is 25.2 Å². The lowest BCUT2D eigenvalue weighted by molar-refractivity contribution is -0.137. The van der Waals surface area contributed by atoms with E-state index < -0.39 is 29.7 Å². The summed E-state index contributed by atoms with van der Waals surface area (Å²) >= 11 is 3.13. The highest BCUT2D eigenvalue weighted by molar-refractivity contribution is 7.99. The van der Waals surface area contributed by atoms with E-state index in [1.807, 2.05) is 5.38 Å². The Labute approximate surface area is 160 Å². The van der Waals surface area contributed by atoms with Crippen molar-refractivity contribution in [2.45, 2.75) is 38.0 Å². The number of hydrogen-bond acceptors (Lipinski definition) is 7. The van der Waals surface area contributed by atoms with Gasteiger partial charge in [-0.3, -0.25) is 14.5 Å². The van der Waals surface area contributed by atoms with Gasteiger partial charge in [0.25, 0.3) is 0 Å².